The first-order valence-corrected chi connectivity index (χ1v) is 9.24. The molecule has 0 unspecified atom stereocenters. The van der Waals surface area contributed by atoms with E-state index in [1.165, 1.54) is 50.5 Å². The third-order valence-corrected chi connectivity index (χ3v) is 4.43. The predicted molar refractivity (Wildman–Crippen MR) is 95.7 cm³/mol. The van der Waals surface area contributed by atoms with Gasteiger partial charge in [-0.3, -0.25) is 0 Å². The van der Waals surface area contributed by atoms with Crippen LogP contribution < -0.4 is 0 Å². The standard InChI is InChI=1S/C20H32O4/c21-19(22)20(23,24)17-13-8-6-4-2-1-3-5-7-10-14-18-15-11-9-12-16-18/h9,11-12,15-16,23-24H,1-8,10,13-14,17H2,(H,21,22). The molecule has 136 valence electrons. The van der Waals surface area contributed by atoms with E-state index in [0.29, 0.717) is 6.42 Å². The summed E-state index contributed by atoms with van der Waals surface area (Å²) in [6.45, 7) is 0. The number of aliphatic hydroxyl groups is 2. The molecule has 3 N–H and O–H groups in total. The SMILES string of the molecule is O=C(O)C(O)(O)CCCCCCCCCCCCc1ccccc1. The van der Waals surface area contributed by atoms with E-state index in [1.807, 2.05) is 0 Å². The van der Waals surface area contributed by atoms with Gasteiger partial charge in [0.25, 0.3) is 5.79 Å². The van der Waals surface area contributed by atoms with Crippen LogP contribution in [0.4, 0.5) is 0 Å². The van der Waals surface area contributed by atoms with Gasteiger partial charge < -0.3 is 15.3 Å². The number of aryl methyl sites for hydroxylation is 1. The number of hydrogen-bond acceptors (Lipinski definition) is 3. The van der Waals surface area contributed by atoms with Crippen molar-refractivity contribution in [3.63, 3.8) is 0 Å². The zero-order valence-electron chi connectivity index (χ0n) is 14.6. The van der Waals surface area contributed by atoms with Crippen molar-refractivity contribution in [1.29, 1.82) is 0 Å². The van der Waals surface area contributed by atoms with Gasteiger partial charge in [-0.25, -0.2) is 4.79 Å². The van der Waals surface area contributed by atoms with E-state index < -0.39 is 11.8 Å². The number of carbonyl (C=O) groups is 1. The van der Waals surface area contributed by atoms with E-state index in [1.54, 1.807) is 0 Å². The Bertz CT molecular complexity index is 442. The first kappa shape index (κ1) is 20.7. The van der Waals surface area contributed by atoms with Crippen LogP contribution in [0, 0.1) is 0 Å². The molecule has 0 amide bonds. The van der Waals surface area contributed by atoms with Crippen molar-refractivity contribution in [1.82, 2.24) is 0 Å². The molecule has 4 heteroatoms. The van der Waals surface area contributed by atoms with Crippen molar-refractivity contribution in [2.75, 3.05) is 0 Å². The first-order valence-electron chi connectivity index (χ1n) is 9.24. The van der Waals surface area contributed by atoms with Gasteiger partial charge in [-0.2, -0.15) is 0 Å². The molecule has 0 radical (unpaired) electrons. The van der Waals surface area contributed by atoms with Crippen molar-refractivity contribution in [3.05, 3.63) is 35.9 Å². The number of aliphatic carboxylic acids is 1. The van der Waals surface area contributed by atoms with Gasteiger partial charge in [-0.05, 0) is 24.8 Å². The Morgan fingerprint density at radius 3 is 1.71 bits per heavy atom. The van der Waals surface area contributed by atoms with E-state index in [9.17, 15) is 4.79 Å². The second kappa shape index (κ2) is 12.0. The number of benzene rings is 1. The molecule has 0 saturated carbocycles. The second-order valence-corrected chi connectivity index (χ2v) is 6.64. The van der Waals surface area contributed by atoms with E-state index in [0.717, 1.165) is 19.3 Å². The van der Waals surface area contributed by atoms with Gasteiger partial charge in [-0.1, -0.05) is 81.7 Å². The molecule has 0 heterocycles. The normalized spacial score (nSPS) is 11.6. The Balaban J connectivity index is 1.83. The van der Waals surface area contributed by atoms with Crippen molar-refractivity contribution in [2.24, 2.45) is 0 Å². The molecule has 0 aliphatic heterocycles. The molecule has 4 nitrogen and oxygen atoms in total. The molecule has 0 aromatic heterocycles. The lowest BCUT2D eigenvalue weighted by Gasteiger charge is -2.15. The third kappa shape index (κ3) is 9.68. The molecule has 0 bridgehead atoms. The summed E-state index contributed by atoms with van der Waals surface area (Å²) >= 11 is 0. The zero-order chi connectivity index (χ0) is 17.7. The topological polar surface area (TPSA) is 77.8 Å². The van der Waals surface area contributed by atoms with Crippen LogP contribution in [0.1, 0.15) is 76.2 Å². The number of carboxylic acids is 1. The van der Waals surface area contributed by atoms with Crippen molar-refractivity contribution >= 4 is 5.97 Å². The summed E-state index contributed by atoms with van der Waals surface area (Å²) in [7, 11) is 0. The van der Waals surface area contributed by atoms with E-state index >= 15 is 0 Å². The number of carboxylic acid groups (broad SMARTS) is 1. The van der Waals surface area contributed by atoms with Crippen LogP contribution in [0.2, 0.25) is 0 Å². The van der Waals surface area contributed by atoms with Gasteiger partial charge >= 0.3 is 5.97 Å². The quantitative estimate of drug-likeness (QED) is 0.350. The molecule has 1 rings (SSSR count). The summed E-state index contributed by atoms with van der Waals surface area (Å²) in [6, 6.07) is 10.6. The number of unbranched alkanes of at least 4 members (excludes halogenated alkanes) is 9. The minimum Gasteiger partial charge on any atom is -0.477 e. The van der Waals surface area contributed by atoms with Crippen LogP contribution in [0.3, 0.4) is 0 Å². The average molecular weight is 336 g/mol. The monoisotopic (exact) mass is 336 g/mol. The molecule has 0 spiro atoms. The van der Waals surface area contributed by atoms with Crippen molar-refractivity contribution in [3.8, 4) is 0 Å². The summed E-state index contributed by atoms with van der Waals surface area (Å²) in [5, 5.41) is 26.9. The fraction of sp³-hybridized carbons (Fsp3) is 0.650. The fourth-order valence-electron chi connectivity index (χ4n) is 2.87. The van der Waals surface area contributed by atoms with Crippen LogP contribution >= 0.6 is 0 Å². The van der Waals surface area contributed by atoms with Gasteiger partial charge in [-0.15, -0.1) is 0 Å². The zero-order valence-corrected chi connectivity index (χ0v) is 14.6. The third-order valence-electron chi connectivity index (χ3n) is 4.43. The van der Waals surface area contributed by atoms with Gasteiger partial charge in [0.15, 0.2) is 0 Å². The summed E-state index contributed by atoms with van der Waals surface area (Å²) in [5.74, 6) is -4.12. The van der Waals surface area contributed by atoms with E-state index in [-0.39, 0.29) is 6.42 Å². The van der Waals surface area contributed by atoms with Gasteiger partial charge in [0.1, 0.15) is 0 Å². The van der Waals surface area contributed by atoms with Crippen LogP contribution in [0.15, 0.2) is 30.3 Å². The highest BCUT2D eigenvalue weighted by Gasteiger charge is 2.31. The summed E-state index contributed by atoms with van der Waals surface area (Å²) in [5.41, 5.74) is 1.43. The Morgan fingerprint density at radius 1 is 0.750 bits per heavy atom. The molecule has 0 fully saturated rings. The minimum absolute atomic E-state index is 0.0935. The highest BCUT2D eigenvalue weighted by Crippen LogP contribution is 2.15. The maximum absolute atomic E-state index is 10.5. The lowest BCUT2D eigenvalue weighted by Crippen LogP contribution is -2.37. The highest BCUT2D eigenvalue weighted by molar-refractivity contribution is 5.74. The Morgan fingerprint density at radius 2 is 1.21 bits per heavy atom. The smallest absolute Gasteiger partial charge is 0.364 e. The Kier molecular flexibility index (Phi) is 10.4. The lowest BCUT2D eigenvalue weighted by molar-refractivity contribution is -0.205. The second-order valence-electron chi connectivity index (χ2n) is 6.64. The van der Waals surface area contributed by atoms with Gasteiger partial charge in [0, 0.05) is 6.42 Å². The summed E-state index contributed by atoms with van der Waals surface area (Å²) < 4.78 is 0. The van der Waals surface area contributed by atoms with E-state index in [4.69, 9.17) is 15.3 Å². The largest absolute Gasteiger partial charge is 0.477 e. The molecule has 1 aromatic rings. The van der Waals surface area contributed by atoms with Gasteiger partial charge in [0.2, 0.25) is 0 Å². The number of rotatable bonds is 14. The first-order chi connectivity index (χ1) is 11.5. The molecule has 0 aliphatic rings. The molecule has 1 aromatic carbocycles. The molecular weight excluding hydrogens is 304 g/mol. The van der Waals surface area contributed by atoms with Crippen LogP contribution in [0.25, 0.3) is 0 Å². The van der Waals surface area contributed by atoms with E-state index in [2.05, 4.69) is 30.3 Å². The van der Waals surface area contributed by atoms with Crippen LogP contribution in [-0.2, 0) is 11.2 Å². The maximum Gasteiger partial charge on any atom is 0.364 e. The van der Waals surface area contributed by atoms with Gasteiger partial charge in [0.05, 0.1) is 0 Å². The molecule has 0 saturated heterocycles. The highest BCUT2D eigenvalue weighted by atomic mass is 16.5. The molecule has 0 aliphatic carbocycles. The maximum atomic E-state index is 10.5. The number of hydrogen-bond donors (Lipinski definition) is 3. The predicted octanol–water partition coefficient (Wildman–Crippen LogP) is 4.29. The molecule has 24 heavy (non-hydrogen) atoms. The minimum atomic E-state index is -2.56. The molecule has 0 atom stereocenters. The summed E-state index contributed by atoms with van der Waals surface area (Å²) in [4.78, 5) is 10.5. The Hall–Kier alpha value is -1.39. The Labute approximate surface area is 145 Å². The van der Waals surface area contributed by atoms with Crippen molar-refractivity contribution in [2.45, 2.75) is 82.8 Å². The van der Waals surface area contributed by atoms with Crippen molar-refractivity contribution < 1.29 is 20.1 Å². The molecular formula is C20H32O4. The van der Waals surface area contributed by atoms with Crippen LogP contribution in [-0.4, -0.2) is 27.1 Å². The summed E-state index contributed by atoms with van der Waals surface area (Å²) in [6.07, 6.45) is 12.2. The average Bonchev–Trinajstić information content (AvgIpc) is 2.56. The lowest BCUT2D eigenvalue weighted by atomic mass is 10.0. The van der Waals surface area contributed by atoms with Crippen LogP contribution in [0.5, 0.6) is 0 Å². The fourth-order valence-corrected chi connectivity index (χ4v) is 2.87.